The summed E-state index contributed by atoms with van der Waals surface area (Å²) in [6.45, 7) is 2.28. The van der Waals surface area contributed by atoms with Gasteiger partial charge >= 0.3 is 5.97 Å². The lowest BCUT2D eigenvalue weighted by Gasteiger charge is -2.36. The fourth-order valence-electron chi connectivity index (χ4n) is 3.84. The monoisotopic (exact) mass is 385 g/mol. The van der Waals surface area contributed by atoms with Gasteiger partial charge < -0.3 is 10.1 Å². The highest BCUT2D eigenvalue weighted by atomic mass is 127. The van der Waals surface area contributed by atoms with Crippen molar-refractivity contribution in [2.24, 2.45) is 11.8 Å². The molecule has 2 aliphatic heterocycles. The number of benzene rings is 1. The topological polar surface area (TPSA) is 38.3 Å². The summed E-state index contributed by atoms with van der Waals surface area (Å²) in [5.74, 6) is 0.793. The molecular formula is C16H20INO2. The van der Waals surface area contributed by atoms with Gasteiger partial charge in [-0.1, -0.05) is 19.1 Å². The Labute approximate surface area is 133 Å². The van der Waals surface area contributed by atoms with Gasteiger partial charge in [-0.3, -0.25) is 4.79 Å². The molecular weight excluding hydrogens is 365 g/mol. The average molecular weight is 385 g/mol. The number of piperidine rings is 1. The largest absolute Gasteiger partial charge is 0.469 e. The van der Waals surface area contributed by atoms with Crippen LogP contribution in [0.5, 0.6) is 0 Å². The first-order valence-corrected chi connectivity index (χ1v) is 8.27. The maximum Gasteiger partial charge on any atom is 0.310 e. The van der Waals surface area contributed by atoms with E-state index in [1.54, 1.807) is 0 Å². The van der Waals surface area contributed by atoms with Crippen LogP contribution in [0.3, 0.4) is 0 Å². The van der Waals surface area contributed by atoms with Gasteiger partial charge in [-0.05, 0) is 59.0 Å². The van der Waals surface area contributed by atoms with Crippen molar-refractivity contribution in [2.45, 2.75) is 37.8 Å². The van der Waals surface area contributed by atoms with Gasteiger partial charge in [-0.25, -0.2) is 0 Å². The molecule has 5 atom stereocenters. The quantitative estimate of drug-likeness (QED) is 0.629. The Kier molecular flexibility index (Phi) is 4.04. The standard InChI is InChI=1S/C16H20INO2/c1-9-7-14-15(16(19)20-2)12(8-13(9)18-14)10-3-5-11(17)6-4-10/h3-6,9,12-15,18H,7-8H2,1-2H3/t9-,12-,13-,14-,15+/m1/s1. The molecule has 2 bridgehead atoms. The summed E-state index contributed by atoms with van der Waals surface area (Å²) < 4.78 is 6.30. The average Bonchev–Trinajstić information content (AvgIpc) is 2.74. The van der Waals surface area contributed by atoms with Crippen LogP contribution < -0.4 is 5.32 Å². The lowest BCUT2D eigenvalue weighted by molar-refractivity contribution is -0.148. The number of ether oxygens (including phenoxy) is 1. The van der Waals surface area contributed by atoms with Crippen molar-refractivity contribution in [1.29, 1.82) is 0 Å². The Morgan fingerprint density at radius 1 is 1.25 bits per heavy atom. The van der Waals surface area contributed by atoms with Gasteiger partial charge in [0.15, 0.2) is 0 Å². The van der Waals surface area contributed by atoms with E-state index < -0.39 is 0 Å². The van der Waals surface area contributed by atoms with Crippen LogP contribution in [0.4, 0.5) is 0 Å². The third-order valence-corrected chi connectivity index (χ3v) is 5.61. The maximum absolute atomic E-state index is 12.2. The molecule has 1 N–H and O–H groups in total. The zero-order valence-electron chi connectivity index (χ0n) is 11.8. The first-order chi connectivity index (χ1) is 9.60. The molecule has 20 heavy (non-hydrogen) atoms. The highest BCUT2D eigenvalue weighted by Gasteiger charge is 2.48. The first-order valence-electron chi connectivity index (χ1n) is 7.19. The number of rotatable bonds is 2. The van der Waals surface area contributed by atoms with E-state index in [0.29, 0.717) is 12.0 Å². The Morgan fingerprint density at radius 2 is 1.95 bits per heavy atom. The number of fused-ring (bicyclic) bond motifs is 2. The maximum atomic E-state index is 12.2. The summed E-state index contributed by atoms with van der Waals surface area (Å²) in [5, 5.41) is 3.61. The Balaban J connectivity index is 1.94. The van der Waals surface area contributed by atoms with E-state index in [0.717, 1.165) is 12.8 Å². The minimum atomic E-state index is -0.0707. The number of hydrogen-bond donors (Lipinski definition) is 1. The molecule has 0 spiro atoms. The molecule has 0 unspecified atom stereocenters. The van der Waals surface area contributed by atoms with Crippen LogP contribution in [-0.2, 0) is 9.53 Å². The van der Waals surface area contributed by atoms with E-state index in [1.165, 1.54) is 16.2 Å². The fraction of sp³-hybridized carbons (Fsp3) is 0.562. The molecule has 0 radical (unpaired) electrons. The van der Waals surface area contributed by atoms with E-state index in [9.17, 15) is 4.79 Å². The van der Waals surface area contributed by atoms with Gasteiger partial charge in [0, 0.05) is 21.6 Å². The van der Waals surface area contributed by atoms with Crippen molar-refractivity contribution in [3.63, 3.8) is 0 Å². The molecule has 1 aromatic carbocycles. The number of methoxy groups -OCH3 is 1. The van der Waals surface area contributed by atoms with Crippen molar-refractivity contribution in [3.05, 3.63) is 33.4 Å². The van der Waals surface area contributed by atoms with Crippen LogP contribution >= 0.6 is 22.6 Å². The van der Waals surface area contributed by atoms with Crippen LogP contribution in [0.1, 0.15) is 31.2 Å². The summed E-state index contributed by atoms with van der Waals surface area (Å²) in [6.07, 6.45) is 2.10. The zero-order chi connectivity index (χ0) is 14.3. The van der Waals surface area contributed by atoms with Crippen molar-refractivity contribution >= 4 is 28.6 Å². The van der Waals surface area contributed by atoms with E-state index in [-0.39, 0.29) is 23.8 Å². The molecule has 2 aliphatic rings. The normalized spacial score (nSPS) is 35.9. The predicted molar refractivity (Wildman–Crippen MR) is 86.5 cm³/mol. The van der Waals surface area contributed by atoms with E-state index in [2.05, 4.69) is 59.1 Å². The minimum Gasteiger partial charge on any atom is -0.469 e. The Morgan fingerprint density at radius 3 is 2.60 bits per heavy atom. The SMILES string of the molecule is COC(=O)[C@H]1[C@@H](c2ccc(I)cc2)C[C@H]2N[C@@H]1C[C@H]2C. The fourth-order valence-corrected chi connectivity index (χ4v) is 4.20. The van der Waals surface area contributed by atoms with Gasteiger partial charge in [0.2, 0.25) is 0 Å². The van der Waals surface area contributed by atoms with Crippen LogP contribution in [-0.4, -0.2) is 25.2 Å². The van der Waals surface area contributed by atoms with Gasteiger partial charge in [-0.2, -0.15) is 0 Å². The Bertz CT molecular complexity index is 500. The van der Waals surface area contributed by atoms with Gasteiger partial charge in [0.05, 0.1) is 13.0 Å². The molecule has 0 amide bonds. The first kappa shape index (κ1) is 14.3. The number of carbonyl (C=O) groups excluding carboxylic acids is 1. The third kappa shape index (κ3) is 2.48. The molecule has 108 valence electrons. The summed E-state index contributed by atoms with van der Waals surface area (Å²) in [6, 6.07) is 9.37. The molecule has 0 aliphatic carbocycles. The smallest absolute Gasteiger partial charge is 0.310 e. The lowest BCUT2D eigenvalue weighted by atomic mass is 9.77. The van der Waals surface area contributed by atoms with Gasteiger partial charge in [-0.15, -0.1) is 0 Å². The molecule has 2 fully saturated rings. The molecule has 1 aromatic rings. The van der Waals surface area contributed by atoms with E-state index >= 15 is 0 Å². The van der Waals surface area contributed by atoms with Crippen LogP contribution in [0.15, 0.2) is 24.3 Å². The summed E-state index contributed by atoms with van der Waals surface area (Å²) in [7, 11) is 1.50. The number of carbonyl (C=O) groups is 1. The molecule has 0 saturated carbocycles. The van der Waals surface area contributed by atoms with Gasteiger partial charge in [0.25, 0.3) is 0 Å². The van der Waals surface area contributed by atoms with Crippen molar-refractivity contribution in [2.75, 3.05) is 7.11 Å². The van der Waals surface area contributed by atoms with E-state index in [1.807, 2.05) is 0 Å². The number of esters is 1. The van der Waals surface area contributed by atoms with Crippen LogP contribution in [0, 0.1) is 15.4 Å². The Hall–Kier alpha value is -0.620. The lowest BCUT2D eigenvalue weighted by Crippen LogP contribution is -2.48. The number of halogens is 1. The molecule has 3 nitrogen and oxygen atoms in total. The second kappa shape index (κ2) is 5.64. The molecule has 3 rings (SSSR count). The third-order valence-electron chi connectivity index (χ3n) is 4.89. The zero-order valence-corrected chi connectivity index (χ0v) is 14.0. The summed E-state index contributed by atoms with van der Waals surface area (Å²) in [4.78, 5) is 12.2. The molecule has 4 heteroatoms. The molecule has 0 aromatic heterocycles. The highest BCUT2D eigenvalue weighted by molar-refractivity contribution is 14.1. The second-order valence-electron chi connectivity index (χ2n) is 6.04. The van der Waals surface area contributed by atoms with Gasteiger partial charge in [0.1, 0.15) is 0 Å². The van der Waals surface area contributed by atoms with Crippen molar-refractivity contribution < 1.29 is 9.53 Å². The highest BCUT2D eigenvalue weighted by Crippen LogP contribution is 2.44. The van der Waals surface area contributed by atoms with Crippen molar-refractivity contribution in [1.82, 2.24) is 5.32 Å². The molecule has 2 saturated heterocycles. The van der Waals surface area contributed by atoms with Crippen LogP contribution in [0.25, 0.3) is 0 Å². The minimum absolute atomic E-state index is 0.0544. The molecule has 2 heterocycles. The number of hydrogen-bond acceptors (Lipinski definition) is 3. The summed E-state index contributed by atoms with van der Waals surface area (Å²) in [5.41, 5.74) is 1.27. The van der Waals surface area contributed by atoms with E-state index in [4.69, 9.17) is 4.74 Å². The predicted octanol–water partition coefficient (Wildman–Crippen LogP) is 2.93. The van der Waals surface area contributed by atoms with Crippen molar-refractivity contribution in [3.8, 4) is 0 Å². The van der Waals surface area contributed by atoms with Crippen LogP contribution in [0.2, 0.25) is 0 Å². The summed E-state index contributed by atoms with van der Waals surface area (Å²) >= 11 is 2.31. The number of nitrogens with one attached hydrogen (secondary N) is 1. The second-order valence-corrected chi connectivity index (χ2v) is 7.28.